The topological polar surface area (TPSA) is 38.8 Å². The quantitative estimate of drug-likeness (QED) is 0.783. The molecule has 2 rings (SSSR count). The molecule has 1 heterocycles. The van der Waals surface area contributed by atoms with Crippen LogP contribution in [0.25, 0.3) is 0 Å². The Hall–Kier alpha value is -1.33. The first-order chi connectivity index (χ1) is 10.7. The molecule has 0 atom stereocenters. The highest BCUT2D eigenvalue weighted by molar-refractivity contribution is 6.62. The van der Waals surface area contributed by atoms with Gasteiger partial charge in [-0.2, -0.15) is 0 Å². The molecule has 4 nitrogen and oxygen atoms in total. The van der Waals surface area contributed by atoms with Crippen LogP contribution in [0.15, 0.2) is 24.3 Å². The smallest absolute Gasteiger partial charge is 0.399 e. The molecule has 5 heteroatoms. The van der Waals surface area contributed by atoms with E-state index < -0.39 is 7.12 Å². The summed E-state index contributed by atoms with van der Waals surface area (Å²) in [5, 5.41) is 0. The number of hydrogen-bond acceptors (Lipinski definition) is 3. The van der Waals surface area contributed by atoms with Gasteiger partial charge < -0.3 is 14.2 Å². The monoisotopic (exact) mass is 317 g/mol. The Balaban J connectivity index is 2.24. The van der Waals surface area contributed by atoms with Gasteiger partial charge in [0, 0.05) is 13.1 Å². The molecule has 0 radical (unpaired) electrons. The number of carbonyl (C=O) groups excluding carboxylic acids is 1. The summed E-state index contributed by atoms with van der Waals surface area (Å²) in [5.74, 6) is 0.138. The van der Waals surface area contributed by atoms with Gasteiger partial charge in [0.1, 0.15) is 0 Å². The number of nitrogens with zero attached hydrogens (tertiary/aromatic N) is 1. The van der Waals surface area contributed by atoms with Crippen LogP contribution in [0.4, 0.5) is 0 Å². The normalized spacial score (nSPS) is 19.0. The van der Waals surface area contributed by atoms with Crippen molar-refractivity contribution in [3.8, 4) is 0 Å². The van der Waals surface area contributed by atoms with Gasteiger partial charge in [-0.15, -0.1) is 0 Å². The first kappa shape index (κ1) is 18.0. The van der Waals surface area contributed by atoms with Gasteiger partial charge in [-0.25, -0.2) is 0 Å². The molecule has 1 aliphatic heterocycles. The molecule has 0 aromatic heterocycles. The molecule has 0 spiro atoms. The third-order valence-corrected chi connectivity index (χ3v) is 5.02. The Morgan fingerprint density at radius 1 is 1.04 bits per heavy atom. The first-order valence-corrected chi connectivity index (χ1v) is 8.43. The molecule has 1 fully saturated rings. The van der Waals surface area contributed by atoms with Crippen LogP contribution in [0.1, 0.15) is 47.1 Å². The number of rotatable bonds is 5. The molecule has 1 saturated heterocycles. The standard InChI is InChI=1S/C18H28BNO3/c1-7-20(8-2)16(21)13-14-11-9-10-12-15(14)19-22-17(3,4)18(5,6)23-19/h9-12H,7-8,13H2,1-6H3. The minimum atomic E-state index is -0.430. The molecule has 0 aliphatic carbocycles. The second-order valence-electron chi connectivity index (χ2n) is 7.03. The van der Waals surface area contributed by atoms with Crippen LogP contribution >= 0.6 is 0 Å². The number of benzene rings is 1. The van der Waals surface area contributed by atoms with Crippen molar-refractivity contribution in [3.63, 3.8) is 0 Å². The fourth-order valence-corrected chi connectivity index (χ4v) is 2.75. The van der Waals surface area contributed by atoms with E-state index in [9.17, 15) is 4.79 Å². The summed E-state index contributed by atoms with van der Waals surface area (Å²) < 4.78 is 12.3. The van der Waals surface area contributed by atoms with Crippen LogP contribution in [0, 0.1) is 0 Å². The lowest BCUT2D eigenvalue weighted by Gasteiger charge is -2.32. The van der Waals surface area contributed by atoms with E-state index in [-0.39, 0.29) is 17.1 Å². The molecular formula is C18H28BNO3. The Morgan fingerprint density at radius 2 is 1.57 bits per heavy atom. The lowest BCUT2D eigenvalue weighted by Crippen LogP contribution is -2.41. The maximum absolute atomic E-state index is 12.4. The molecule has 0 N–H and O–H groups in total. The Bertz CT molecular complexity index is 551. The molecule has 23 heavy (non-hydrogen) atoms. The Kier molecular flexibility index (Phi) is 5.22. The molecule has 1 amide bonds. The molecule has 1 aromatic carbocycles. The molecule has 126 valence electrons. The van der Waals surface area contributed by atoms with Crippen LogP contribution < -0.4 is 5.46 Å². The van der Waals surface area contributed by atoms with E-state index in [2.05, 4.69) is 0 Å². The zero-order valence-electron chi connectivity index (χ0n) is 15.2. The van der Waals surface area contributed by atoms with Crippen molar-refractivity contribution in [3.05, 3.63) is 29.8 Å². The second-order valence-corrected chi connectivity index (χ2v) is 7.03. The Morgan fingerprint density at radius 3 is 2.09 bits per heavy atom. The van der Waals surface area contributed by atoms with Crippen molar-refractivity contribution in [1.29, 1.82) is 0 Å². The van der Waals surface area contributed by atoms with Crippen LogP contribution in [-0.4, -0.2) is 42.2 Å². The van der Waals surface area contributed by atoms with Crippen LogP contribution in [0.2, 0.25) is 0 Å². The minimum absolute atomic E-state index is 0.138. The maximum atomic E-state index is 12.4. The van der Waals surface area contributed by atoms with E-state index in [1.807, 2.05) is 70.7 Å². The minimum Gasteiger partial charge on any atom is -0.399 e. The molecular weight excluding hydrogens is 289 g/mol. The van der Waals surface area contributed by atoms with E-state index in [1.54, 1.807) is 0 Å². The summed E-state index contributed by atoms with van der Waals surface area (Å²) >= 11 is 0. The molecule has 0 saturated carbocycles. The van der Waals surface area contributed by atoms with Gasteiger partial charge in [0.05, 0.1) is 17.6 Å². The number of likely N-dealkylation sites (N-methyl/N-ethyl adjacent to an activating group) is 1. The molecule has 1 aromatic rings. The van der Waals surface area contributed by atoms with E-state index in [1.165, 1.54) is 0 Å². The van der Waals surface area contributed by atoms with E-state index in [4.69, 9.17) is 9.31 Å². The highest BCUT2D eigenvalue weighted by Crippen LogP contribution is 2.36. The van der Waals surface area contributed by atoms with Crippen molar-refractivity contribution >= 4 is 18.5 Å². The van der Waals surface area contributed by atoms with Gasteiger partial charge in [-0.05, 0) is 52.6 Å². The lowest BCUT2D eigenvalue weighted by atomic mass is 9.75. The van der Waals surface area contributed by atoms with Crippen LogP contribution in [-0.2, 0) is 20.5 Å². The van der Waals surface area contributed by atoms with E-state index >= 15 is 0 Å². The van der Waals surface area contributed by atoms with Crippen molar-refractivity contribution in [2.45, 2.75) is 59.2 Å². The average molecular weight is 317 g/mol. The van der Waals surface area contributed by atoms with Gasteiger partial charge in [-0.1, -0.05) is 24.3 Å². The fourth-order valence-electron chi connectivity index (χ4n) is 2.75. The fraction of sp³-hybridized carbons (Fsp3) is 0.611. The highest BCUT2D eigenvalue weighted by Gasteiger charge is 2.52. The Labute approximate surface area is 140 Å². The van der Waals surface area contributed by atoms with Gasteiger partial charge in [-0.3, -0.25) is 4.79 Å². The summed E-state index contributed by atoms with van der Waals surface area (Å²) in [6, 6.07) is 7.90. The van der Waals surface area contributed by atoms with Crippen molar-refractivity contribution in [1.82, 2.24) is 4.90 Å². The zero-order valence-corrected chi connectivity index (χ0v) is 15.2. The number of hydrogen-bond donors (Lipinski definition) is 0. The van der Waals surface area contributed by atoms with Gasteiger partial charge in [0.25, 0.3) is 0 Å². The molecule has 0 bridgehead atoms. The van der Waals surface area contributed by atoms with Crippen molar-refractivity contribution in [2.24, 2.45) is 0 Å². The van der Waals surface area contributed by atoms with Crippen LogP contribution in [0.3, 0.4) is 0 Å². The van der Waals surface area contributed by atoms with Gasteiger partial charge in [0.15, 0.2) is 0 Å². The SMILES string of the molecule is CCN(CC)C(=O)Cc1ccccc1B1OC(C)(C)C(C)(C)O1. The first-order valence-electron chi connectivity index (χ1n) is 8.43. The van der Waals surface area contributed by atoms with E-state index in [0.29, 0.717) is 6.42 Å². The summed E-state index contributed by atoms with van der Waals surface area (Å²) in [5.41, 5.74) is 1.16. The number of amides is 1. The van der Waals surface area contributed by atoms with Crippen molar-refractivity contribution in [2.75, 3.05) is 13.1 Å². The number of carbonyl (C=O) groups is 1. The molecule has 0 unspecified atom stereocenters. The average Bonchev–Trinajstić information content (AvgIpc) is 2.69. The largest absolute Gasteiger partial charge is 0.495 e. The van der Waals surface area contributed by atoms with Gasteiger partial charge >= 0.3 is 7.12 Å². The third kappa shape index (κ3) is 3.61. The summed E-state index contributed by atoms with van der Waals surface area (Å²) in [6.07, 6.45) is 0.377. The van der Waals surface area contributed by atoms with Gasteiger partial charge in [0.2, 0.25) is 5.91 Å². The predicted octanol–water partition coefficient (Wildman–Crippen LogP) is 2.40. The molecule has 1 aliphatic rings. The zero-order chi connectivity index (χ0) is 17.3. The van der Waals surface area contributed by atoms with Crippen molar-refractivity contribution < 1.29 is 14.1 Å². The predicted molar refractivity (Wildman–Crippen MR) is 93.8 cm³/mol. The lowest BCUT2D eigenvalue weighted by molar-refractivity contribution is -0.130. The summed E-state index contributed by atoms with van der Waals surface area (Å²) in [4.78, 5) is 14.3. The highest BCUT2D eigenvalue weighted by atomic mass is 16.7. The van der Waals surface area contributed by atoms with E-state index in [0.717, 1.165) is 24.1 Å². The van der Waals surface area contributed by atoms with Crippen LogP contribution in [0.5, 0.6) is 0 Å². The summed E-state index contributed by atoms with van der Waals surface area (Å²) in [7, 11) is -0.430. The summed E-state index contributed by atoms with van der Waals surface area (Å²) in [6.45, 7) is 13.6. The third-order valence-electron chi connectivity index (χ3n) is 5.02. The second kappa shape index (κ2) is 6.66. The maximum Gasteiger partial charge on any atom is 0.495 e.